The van der Waals surface area contributed by atoms with Gasteiger partial charge in [-0.3, -0.25) is 10.1 Å². The van der Waals surface area contributed by atoms with Crippen LogP contribution < -0.4 is 9.75 Å². The van der Waals surface area contributed by atoms with Gasteiger partial charge in [0.25, 0.3) is 5.69 Å². The van der Waals surface area contributed by atoms with Crippen LogP contribution in [0.5, 0.6) is 5.75 Å². The average Bonchev–Trinajstić information content (AvgIpc) is 3.52. The lowest BCUT2D eigenvalue weighted by Crippen LogP contribution is -2.18. The summed E-state index contributed by atoms with van der Waals surface area (Å²) in [6.45, 7) is 0. The third kappa shape index (κ3) is 4.47. The van der Waals surface area contributed by atoms with E-state index >= 15 is 0 Å². The SMILES string of the molecule is COc1ccc(-c2csc(N3N=C(c4cccc([N+](=O)[O-])c4)CC3c3ccc(F)cc3)n2)cc1F. The van der Waals surface area contributed by atoms with Gasteiger partial charge in [-0.25, -0.2) is 18.8 Å². The quantitative estimate of drug-likeness (QED) is 0.231. The molecule has 3 aromatic carbocycles. The maximum atomic E-state index is 14.2. The Morgan fingerprint density at radius 1 is 1.09 bits per heavy atom. The summed E-state index contributed by atoms with van der Waals surface area (Å²) in [4.78, 5) is 15.5. The number of methoxy groups -OCH3 is 1. The maximum Gasteiger partial charge on any atom is 0.270 e. The normalized spacial score (nSPS) is 15.2. The number of rotatable bonds is 6. The topological polar surface area (TPSA) is 80.9 Å². The molecule has 176 valence electrons. The van der Waals surface area contributed by atoms with E-state index in [2.05, 4.69) is 4.98 Å². The molecule has 2 heterocycles. The highest BCUT2D eigenvalue weighted by Gasteiger charge is 2.32. The molecule has 0 radical (unpaired) electrons. The summed E-state index contributed by atoms with van der Waals surface area (Å²) in [5.74, 6) is -0.696. The van der Waals surface area contributed by atoms with Crippen molar-refractivity contribution in [3.8, 4) is 17.0 Å². The lowest BCUT2D eigenvalue weighted by molar-refractivity contribution is -0.384. The zero-order valence-corrected chi connectivity index (χ0v) is 19.2. The number of nitrogens with zero attached hydrogens (tertiary/aromatic N) is 4. The summed E-state index contributed by atoms with van der Waals surface area (Å²) in [7, 11) is 1.40. The summed E-state index contributed by atoms with van der Waals surface area (Å²) in [6, 6.07) is 16.8. The molecule has 0 fully saturated rings. The third-order valence-electron chi connectivity index (χ3n) is 5.69. The van der Waals surface area contributed by atoms with Crippen LogP contribution in [0, 0.1) is 21.7 Å². The van der Waals surface area contributed by atoms with Crippen LogP contribution in [0.15, 0.2) is 77.2 Å². The first-order valence-electron chi connectivity index (χ1n) is 10.6. The van der Waals surface area contributed by atoms with Gasteiger partial charge in [0.1, 0.15) is 5.82 Å². The molecule has 1 atom stereocenters. The number of hydrogen-bond acceptors (Lipinski definition) is 7. The molecule has 1 aliphatic heterocycles. The molecule has 1 unspecified atom stereocenters. The molecule has 0 bridgehead atoms. The standard InChI is InChI=1S/C25H18F2N4O3S/c1-34-24-10-7-17(12-20(24)27)22-14-35-25(28-22)30-23(15-5-8-18(26)9-6-15)13-21(29-30)16-3-2-4-19(11-16)31(32)33/h2-12,14,23H,13H2,1H3. The van der Waals surface area contributed by atoms with Crippen LogP contribution in [-0.4, -0.2) is 22.7 Å². The minimum atomic E-state index is -0.490. The Kier molecular flexibility index (Phi) is 5.96. The Morgan fingerprint density at radius 3 is 2.60 bits per heavy atom. The van der Waals surface area contributed by atoms with Gasteiger partial charge in [-0.1, -0.05) is 24.3 Å². The molecular formula is C25H18F2N4O3S. The Labute approximate surface area is 203 Å². The monoisotopic (exact) mass is 492 g/mol. The van der Waals surface area contributed by atoms with Crippen molar-refractivity contribution in [2.24, 2.45) is 5.10 Å². The predicted molar refractivity (Wildman–Crippen MR) is 130 cm³/mol. The van der Waals surface area contributed by atoms with Crippen LogP contribution in [-0.2, 0) is 0 Å². The highest BCUT2D eigenvalue weighted by molar-refractivity contribution is 7.14. The highest BCUT2D eigenvalue weighted by atomic mass is 32.1. The van der Waals surface area contributed by atoms with E-state index in [0.717, 1.165) is 5.56 Å². The van der Waals surface area contributed by atoms with Crippen LogP contribution in [0.2, 0.25) is 0 Å². The van der Waals surface area contributed by atoms with Crippen molar-refractivity contribution in [3.05, 3.63) is 105 Å². The Morgan fingerprint density at radius 2 is 1.89 bits per heavy atom. The molecule has 1 aliphatic rings. The molecule has 0 saturated heterocycles. The van der Waals surface area contributed by atoms with Crippen LogP contribution in [0.3, 0.4) is 0 Å². The number of halogens is 2. The van der Waals surface area contributed by atoms with Crippen LogP contribution in [0.25, 0.3) is 11.3 Å². The Hall–Kier alpha value is -4.18. The summed E-state index contributed by atoms with van der Waals surface area (Å²) in [5, 5.41) is 20.1. The number of hydrazone groups is 1. The van der Waals surface area contributed by atoms with E-state index in [1.54, 1.807) is 46.8 Å². The van der Waals surface area contributed by atoms with E-state index in [0.29, 0.717) is 34.1 Å². The zero-order chi connectivity index (χ0) is 24.5. The number of nitro benzene ring substituents is 1. The average molecular weight is 493 g/mol. The number of thiazole rings is 1. The van der Waals surface area contributed by atoms with Gasteiger partial charge >= 0.3 is 0 Å². The fourth-order valence-electron chi connectivity index (χ4n) is 3.93. The number of nitro groups is 1. The second-order valence-electron chi connectivity index (χ2n) is 7.83. The second-order valence-corrected chi connectivity index (χ2v) is 8.67. The van der Waals surface area contributed by atoms with Crippen molar-refractivity contribution in [1.29, 1.82) is 0 Å². The number of benzene rings is 3. The summed E-state index contributed by atoms with van der Waals surface area (Å²) < 4.78 is 32.8. The predicted octanol–water partition coefficient (Wildman–Crippen LogP) is 6.36. The van der Waals surface area contributed by atoms with Gasteiger partial charge < -0.3 is 4.74 Å². The first-order chi connectivity index (χ1) is 16.9. The van der Waals surface area contributed by atoms with Crippen molar-refractivity contribution in [2.75, 3.05) is 12.1 Å². The first kappa shape index (κ1) is 22.6. The summed E-state index contributed by atoms with van der Waals surface area (Å²) in [6.07, 6.45) is 0.443. The van der Waals surface area contributed by atoms with E-state index in [-0.39, 0.29) is 23.3 Å². The molecule has 35 heavy (non-hydrogen) atoms. The fourth-order valence-corrected chi connectivity index (χ4v) is 4.77. The molecule has 0 aliphatic carbocycles. The van der Waals surface area contributed by atoms with Crippen molar-refractivity contribution in [2.45, 2.75) is 12.5 Å². The molecule has 5 rings (SSSR count). The highest BCUT2D eigenvalue weighted by Crippen LogP contribution is 2.40. The minimum absolute atomic E-state index is 0.0277. The Bertz CT molecular complexity index is 1440. The lowest BCUT2D eigenvalue weighted by atomic mass is 9.98. The molecule has 0 amide bonds. The van der Waals surface area contributed by atoms with E-state index < -0.39 is 10.7 Å². The van der Waals surface area contributed by atoms with Gasteiger partial charge in [0.05, 0.1) is 29.5 Å². The maximum absolute atomic E-state index is 14.2. The van der Waals surface area contributed by atoms with Crippen LogP contribution in [0.4, 0.5) is 19.6 Å². The van der Waals surface area contributed by atoms with E-state index in [4.69, 9.17) is 9.84 Å². The molecule has 0 saturated carbocycles. The van der Waals surface area contributed by atoms with Crippen molar-refractivity contribution in [3.63, 3.8) is 0 Å². The van der Waals surface area contributed by atoms with E-state index in [1.165, 1.54) is 48.8 Å². The number of aromatic nitrogens is 1. The number of non-ortho nitro benzene ring substituents is 1. The van der Waals surface area contributed by atoms with E-state index in [9.17, 15) is 18.9 Å². The largest absolute Gasteiger partial charge is 0.494 e. The lowest BCUT2D eigenvalue weighted by Gasteiger charge is -2.21. The van der Waals surface area contributed by atoms with Crippen LogP contribution in [0.1, 0.15) is 23.6 Å². The van der Waals surface area contributed by atoms with Crippen molar-refractivity contribution < 1.29 is 18.4 Å². The molecule has 0 spiro atoms. The second kappa shape index (κ2) is 9.22. The van der Waals surface area contributed by atoms with Gasteiger partial charge in [-0.15, -0.1) is 11.3 Å². The van der Waals surface area contributed by atoms with Gasteiger partial charge in [0, 0.05) is 35.1 Å². The molecule has 0 N–H and O–H groups in total. The number of hydrogen-bond donors (Lipinski definition) is 0. The van der Waals surface area contributed by atoms with Crippen LogP contribution >= 0.6 is 11.3 Å². The molecular weight excluding hydrogens is 474 g/mol. The van der Waals surface area contributed by atoms with Crippen molar-refractivity contribution in [1.82, 2.24) is 4.98 Å². The molecule has 7 nitrogen and oxygen atoms in total. The van der Waals surface area contributed by atoms with Crippen molar-refractivity contribution >= 4 is 27.9 Å². The molecule has 4 aromatic rings. The third-order valence-corrected chi connectivity index (χ3v) is 6.52. The smallest absolute Gasteiger partial charge is 0.270 e. The number of ether oxygens (including phenoxy) is 1. The Balaban J connectivity index is 1.53. The van der Waals surface area contributed by atoms with Gasteiger partial charge in [-0.05, 0) is 35.9 Å². The van der Waals surface area contributed by atoms with Gasteiger partial charge in [-0.2, -0.15) is 5.10 Å². The fraction of sp³-hybridized carbons (Fsp3) is 0.120. The zero-order valence-electron chi connectivity index (χ0n) is 18.4. The molecule has 1 aromatic heterocycles. The summed E-state index contributed by atoms with van der Waals surface area (Å²) >= 11 is 1.34. The molecule has 10 heteroatoms. The minimum Gasteiger partial charge on any atom is -0.494 e. The summed E-state index contributed by atoms with van der Waals surface area (Å²) in [5.41, 5.74) is 3.23. The van der Waals surface area contributed by atoms with E-state index in [1.807, 2.05) is 0 Å². The van der Waals surface area contributed by atoms with Gasteiger partial charge in [0.15, 0.2) is 11.6 Å². The van der Waals surface area contributed by atoms with Gasteiger partial charge in [0.2, 0.25) is 5.13 Å². The number of anilines is 1. The first-order valence-corrected chi connectivity index (χ1v) is 11.5.